The molecule has 0 unspecified atom stereocenters. The maximum absolute atomic E-state index is 6.22. The minimum absolute atomic E-state index is 0.276. The minimum Gasteiger partial charge on any atom is -0.454 e. The molecule has 0 amide bonds. The van der Waals surface area contributed by atoms with E-state index in [0.29, 0.717) is 10.8 Å². The van der Waals surface area contributed by atoms with Gasteiger partial charge in [0.2, 0.25) is 6.79 Å². The van der Waals surface area contributed by atoms with Crippen LogP contribution in [0.5, 0.6) is 11.5 Å². The number of ether oxygens (including phenoxy) is 2. The van der Waals surface area contributed by atoms with E-state index in [4.69, 9.17) is 21.1 Å². The second kappa shape index (κ2) is 4.54. The molecule has 1 N–H and O–H groups in total. The summed E-state index contributed by atoms with van der Waals surface area (Å²) in [5, 5.41) is 4.13. The summed E-state index contributed by atoms with van der Waals surface area (Å²) in [5.41, 5.74) is 1.21. The molecule has 3 aliphatic rings. The molecule has 2 fully saturated rings. The summed E-state index contributed by atoms with van der Waals surface area (Å²) in [5.74, 6) is 3.12. The van der Waals surface area contributed by atoms with Gasteiger partial charge in [0.15, 0.2) is 11.5 Å². The van der Waals surface area contributed by atoms with Gasteiger partial charge in [-0.3, -0.25) is 4.90 Å². The first-order chi connectivity index (χ1) is 9.29. The quantitative estimate of drug-likeness (QED) is 0.894. The lowest BCUT2D eigenvalue weighted by Crippen LogP contribution is -2.25. The van der Waals surface area contributed by atoms with E-state index in [1.165, 1.54) is 31.7 Å². The van der Waals surface area contributed by atoms with Gasteiger partial charge in [0.05, 0.1) is 5.02 Å². The molecule has 0 saturated carbocycles. The first-order valence-corrected chi connectivity index (χ1v) is 7.18. The van der Waals surface area contributed by atoms with Gasteiger partial charge in [-0.15, -0.1) is 0 Å². The average molecular weight is 281 g/mol. The summed E-state index contributed by atoms with van der Waals surface area (Å²) in [6.07, 6.45) is 0. The maximum atomic E-state index is 6.22. The fourth-order valence-electron chi connectivity index (χ4n) is 3.45. The van der Waals surface area contributed by atoms with Gasteiger partial charge in [-0.2, -0.15) is 0 Å². The van der Waals surface area contributed by atoms with Gasteiger partial charge in [-0.25, -0.2) is 0 Å². The molecule has 4 nitrogen and oxygen atoms in total. The Labute approximate surface area is 117 Å². The number of fused-ring (bicyclic) bond motifs is 2. The molecule has 0 bridgehead atoms. The Bertz CT molecular complexity index is 496. The van der Waals surface area contributed by atoms with Gasteiger partial charge in [0.1, 0.15) is 0 Å². The maximum Gasteiger partial charge on any atom is 0.231 e. The third-order valence-electron chi connectivity index (χ3n) is 4.36. The molecule has 3 heterocycles. The zero-order chi connectivity index (χ0) is 12.8. The minimum atomic E-state index is 0.276. The molecule has 4 rings (SSSR count). The molecular weight excluding hydrogens is 264 g/mol. The summed E-state index contributed by atoms with van der Waals surface area (Å²) >= 11 is 6.22. The van der Waals surface area contributed by atoms with Crippen LogP contribution in [0.25, 0.3) is 0 Å². The standard InChI is InChI=1S/C14H17ClN2O2/c15-12-1-9(2-13-14(12)19-8-18-13)5-17-6-10-3-16-4-11(10)7-17/h1-2,10-11,16H,3-8H2/t10-,11+. The van der Waals surface area contributed by atoms with Crippen LogP contribution in [0.3, 0.4) is 0 Å². The molecule has 0 spiro atoms. The number of nitrogens with one attached hydrogen (secondary N) is 1. The van der Waals surface area contributed by atoms with Crippen LogP contribution in [0.1, 0.15) is 5.56 Å². The van der Waals surface area contributed by atoms with Crippen LogP contribution in [0.15, 0.2) is 12.1 Å². The summed E-state index contributed by atoms with van der Waals surface area (Å²) < 4.78 is 10.8. The van der Waals surface area contributed by atoms with Crippen LogP contribution >= 0.6 is 11.6 Å². The van der Waals surface area contributed by atoms with E-state index in [1.807, 2.05) is 6.07 Å². The molecule has 1 aromatic carbocycles. The molecule has 0 radical (unpaired) electrons. The highest BCUT2D eigenvalue weighted by atomic mass is 35.5. The summed E-state index contributed by atoms with van der Waals surface area (Å²) in [6, 6.07) is 4.06. The van der Waals surface area contributed by atoms with Crippen molar-refractivity contribution >= 4 is 11.6 Å². The van der Waals surface area contributed by atoms with Gasteiger partial charge in [0.25, 0.3) is 0 Å². The Morgan fingerprint density at radius 1 is 1.21 bits per heavy atom. The number of hydrogen-bond donors (Lipinski definition) is 1. The van der Waals surface area contributed by atoms with Gasteiger partial charge in [-0.05, 0) is 42.6 Å². The number of likely N-dealkylation sites (tertiary alicyclic amines) is 1. The van der Waals surface area contributed by atoms with Crippen molar-refractivity contribution in [3.8, 4) is 11.5 Å². The second-order valence-corrected chi connectivity index (χ2v) is 6.09. The Hall–Kier alpha value is -0.970. The van der Waals surface area contributed by atoms with E-state index < -0.39 is 0 Å². The third kappa shape index (κ3) is 2.08. The Balaban J connectivity index is 1.50. The Morgan fingerprint density at radius 2 is 2.00 bits per heavy atom. The smallest absolute Gasteiger partial charge is 0.231 e. The average Bonchev–Trinajstić information content (AvgIpc) is 3.02. The summed E-state index contributed by atoms with van der Waals surface area (Å²) in [6.45, 7) is 5.93. The molecule has 2 saturated heterocycles. The summed E-state index contributed by atoms with van der Waals surface area (Å²) in [7, 11) is 0. The SMILES string of the molecule is Clc1cc(CN2C[C@H]3CNC[C@H]3C2)cc2c1OCO2. The van der Waals surface area contributed by atoms with Crippen molar-refractivity contribution in [2.75, 3.05) is 33.0 Å². The number of benzene rings is 1. The lowest BCUT2D eigenvalue weighted by molar-refractivity contribution is 0.174. The molecule has 102 valence electrons. The van der Waals surface area contributed by atoms with Gasteiger partial charge < -0.3 is 14.8 Å². The molecule has 0 aliphatic carbocycles. The lowest BCUT2D eigenvalue weighted by atomic mass is 10.0. The molecule has 19 heavy (non-hydrogen) atoms. The van der Waals surface area contributed by atoms with Crippen LogP contribution in [0.4, 0.5) is 0 Å². The predicted molar refractivity (Wildman–Crippen MR) is 72.7 cm³/mol. The van der Waals surface area contributed by atoms with Crippen molar-refractivity contribution < 1.29 is 9.47 Å². The van der Waals surface area contributed by atoms with Gasteiger partial charge in [0, 0.05) is 19.6 Å². The van der Waals surface area contributed by atoms with Crippen LogP contribution in [-0.2, 0) is 6.54 Å². The highest BCUT2D eigenvalue weighted by Crippen LogP contribution is 2.40. The molecule has 2 atom stereocenters. The fourth-order valence-corrected chi connectivity index (χ4v) is 3.74. The lowest BCUT2D eigenvalue weighted by Gasteiger charge is -2.17. The van der Waals surface area contributed by atoms with E-state index in [1.54, 1.807) is 0 Å². The first kappa shape index (κ1) is 11.8. The predicted octanol–water partition coefficient (Wildman–Crippen LogP) is 1.72. The van der Waals surface area contributed by atoms with Crippen LogP contribution in [0.2, 0.25) is 5.02 Å². The van der Waals surface area contributed by atoms with Crippen molar-refractivity contribution in [1.82, 2.24) is 10.2 Å². The summed E-state index contributed by atoms with van der Waals surface area (Å²) in [4.78, 5) is 2.52. The number of hydrogen-bond acceptors (Lipinski definition) is 4. The normalized spacial score (nSPS) is 28.9. The Morgan fingerprint density at radius 3 is 2.79 bits per heavy atom. The Kier molecular flexibility index (Phi) is 2.83. The fraction of sp³-hybridized carbons (Fsp3) is 0.571. The van der Waals surface area contributed by atoms with Gasteiger partial charge in [-0.1, -0.05) is 11.6 Å². The number of halogens is 1. The highest BCUT2D eigenvalue weighted by molar-refractivity contribution is 6.32. The topological polar surface area (TPSA) is 33.7 Å². The highest BCUT2D eigenvalue weighted by Gasteiger charge is 2.35. The van der Waals surface area contributed by atoms with E-state index in [2.05, 4.69) is 16.3 Å². The molecule has 0 aromatic heterocycles. The van der Waals surface area contributed by atoms with Crippen molar-refractivity contribution in [3.05, 3.63) is 22.7 Å². The third-order valence-corrected chi connectivity index (χ3v) is 4.64. The van der Waals surface area contributed by atoms with Gasteiger partial charge >= 0.3 is 0 Å². The number of rotatable bonds is 2. The van der Waals surface area contributed by atoms with E-state index in [-0.39, 0.29) is 6.79 Å². The monoisotopic (exact) mass is 280 g/mol. The number of nitrogens with zero attached hydrogens (tertiary/aromatic N) is 1. The van der Waals surface area contributed by atoms with E-state index >= 15 is 0 Å². The van der Waals surface area contributed by atoms with Crippen LogP contribution in [-0.4, -0.2) is 37.9 Å². The van der Waals surface area contributed by atoms with Crippen molar-refractivity contribution in [2.24, 2.45) is 11.8 Å². The van der Waals surface area contributed by atoms with E-state index in [9.17, 15) is 0 Å². The van der Waals surface area contributed by atoms with Crippen LogP contribution < -0.4 is 14.8 Å². The zero-order valence-corrected chi connectivity index (χ0v) is 11.4. The molecule has 3 aliphatic heterocycles. The molecule has 1 aromatic rings. The van der Waals surface area contributed by atoms with Crippen molar-refractivity contribution in [3.63, 3.8) is 0 Å². The first-order valence-electron chi connectivity index (χ1n) is 6.80. The van der Waals surface area contributed by atoms with Crippen molar-refractivity contribution in [2.45, 2.75) is 6.54 Å². The molecular formula is C14H17ClN2O2. The second-order valence-electron chi connectivity index (χ2n) is 5.68. The zero-order valence-electron chi connectivity index (χ0n) is 10.7. The molecule has 5 heteroatoms. The largest absolute Gasteiger partial charge is 0.454 e. The van der Waals surface area contributed by atoms with Crippen molar-refractivity contribution in [1.29, 1.82) is 0 Å². The van der Waals surface area contributed by atoms with E-state index in [0.717, 1.165) is 24.1 Å². The van der Waals surface area contributed by atoms with Crippen LogP contribution in [0, 0.1) is 11.8 Å².